The fraction of sp³-hybridized carbons (Fsp3) is 0.316. The summed E-state index contributed by atoms with van der Waals surface area (Å²) in [5.74, 6) is -0.129. The Kier molecular flexibility index (Phi) is 8.75. The van der Waals surface area contributed by atoms with E-state index in [1.165, 1.54) is 23.5 Å². The second-order valence-corrected chi connectivity index (χ2v) is 7.86. The molecule has 0 amide bonds. The van der Waals surface area contributed by atoms with Crippen LogP contribution in [0.1, 0.15) is 13.8 Å². The number of hydrogen-bond donors (Lipinski definition) is 2. The number of aliphatic hydroxyl groups is 1. The summed E-state index contributed by atoms with van der Waals surface area (Å²) in [6.45, 7) is 3.55. The molecule has 3 N–H and O–H groups in total. The van der Waals surface area contributed by atoms with E-state index in [2.05, 4.69) is 15.2 Å². The molecule has 0 saturated carbocycles. The summed E-state index contributed by atoms with van der Waals surface area (Å²) in [6.07, 6.45) is 1.68. The maximum absolute atomic E-state index is 14.4. The fourth-order valence-electron chi connectivity index (χ4n) is 2.32. The number of nitrogens with zero attached hydrogens (tertiary/aromatic N) is 3. The molecule has 2 heterocycles. The van der Waals surface area contributed by atoms with Gasteiger partial charge in [0, 0.05) is 29.5 Å². The number of hydrogen-bond acceptors (Lipinski definition) is 8. The molecule has 0 fully saturated rings. The Morgan fingerprint density at radius 3 is 2.60 bits per heavy atom. The monoisotopic (exact) mass is 474 g/mol. The Bertz CT molecular complexity index is 973. The predicted molar refractivity (Wildman–Crippen MR) is 117 cm³/mol. The number of halogens is 3. The smallest absolute Gasteiger partial charge is 0.213 e. The molecule has 30 heavy (non-hydrogen) atoms. The molecule has 0 aliphatic heterocycles. The van der Waals surface area contributed by atoms with E-state index in [0.717, 1.165) is 5.56 Å². The van der Waals surface area contributed by atoms with Crippen molar-refractivity contribution in [2.45, 2.75) is 26.0 Å². The molecule has 0 spiro atoms. The van der Waals surface area contributed by atoms with Crippen LogP contribution in [0.3, 0.4) is 0 Å². The van der Waals surface area contributed by atoms with Gasteiger partial charge in [-0.15, -0.1) is 22.6 Å². The van der Waals surface area contributed by atoms with Gasteiger partial charge in [0.1, 0.15) is 16.6 Å². The Labute approximate surface area is 188 Å². The zero-order chi connectivity index (χ0) is 21.0. The molecule has 0 bridgehead atoms. The third-order valence-electron chi connectivity index (χ3n) is 3.70. The lowest BCUT2D eigenvalue weighted by atomic mass is 10.2. The molecule has 162 valence electrons. The summed E-state index contributed by atoms with van der Waals surface area (Å²) in [6, 6.07) is 5.58. The van der Waals surface area contributed by atoms with E-state index in [1.54, 1.807) is 12.3 Å². The minimum absolute atomic E-state index is 0. The molecule has 7 nitrogen and oxygen atoms in total. The standard InChI is InChI=1S/C19H20ClFN4O3S.ClH/c1-10(2)28-17-4-3-11(7-23-17)18-24-25-19(29-18)13-5-15(21)16(6-14(13)20)27-9-12(22)8-26;/h3-7,10,12,26H,8-9,22H2,1-2H3;1H. The van der Waals surface area contributed by atoms with E-state index in [9.17, 15) is 4.39 Å². The van der Waals surface area contributed by atoms with Crippen molar-refractivity contribution >= 4 is 35.3 Å². The number of nitrogens with two attached hydrogens (primary N) is 1. The van der Waals surface area contributed by atoms with E-state index in [4.69, 9.17) is 31.9 Å². The van der Waals surface area contributed by atoms with Crippen molar-refractivity contribution in [3.05, 3.63) is 41.3 Å². The minimum Gasteiger partial charge on any atom is -0.489 e. The molecule has 0 radical (unpaired) electrons. The van der Waals surface area contributed by atoms with Gasteiger partial charge in [0.05, 0.1) is 23.8 Å². The van der Waals surface area contributed by atoms with Gasteiger partial charge in [-0.25, -0.2) is 9.37 Å². The van der Waals surface area contributed by atoms with Crippen LogP contribution in [0.25, 0.3) is 21.1 Å². The van der Waals surface area contributed by atoms with Crippen molar-refractivity contribution in [3.63, 3.8) is 0 Å². The van der Waals surface area contributed by atoms with Crippen LogP contribution in [-0.2, 0) is 0 Å². The molecule has 11 heteroatoms. The maximum Gasteiger partial charge on any atom is 0.213 e. The average molecular weight is 475 g/mol. The Morgan fingerprint density at radius 1 is 1.23 bits per heavy atom. The highest BCUT2D eigenvalue weighted by Gasteiger charge is 2.17. The van der Waals surface area contributed by atoms with Crippen LogP contribution in [0.5, 0.6) is 11.6 Å². The van der Waals surface area contributed by atoms with Crippen molar-refractivity contribution in [2.24, 2.45) is 5.73 Å². The summed E-state index contributed by atoms with van der Waals surface area (Å²) in [5.41, 5.74) is 6.73. The quantitative estimate of drug-likeness (QED) is 0.508. The summed E-state index contributed by atoms with van der Waals surface area (Å²) >= 11 is 7.55. The molecule has 0 aliphatic rings. The first-order valence-electron chi connectivity index (χ1n) is 8.82. The van der Waals surface area contributed by atoms with Gasteiger partial charge >= 0.3 is 0 Å². The molecule has 3 aromatic rings. The van der Waals surface area contributed by atoms with Gasteiger partial charge < -0.3 is 20.3 Å². The first kappa shape index (κ1) is 24.2. The largest absolute Gasteiger partial charge is 0.489 e. The molecule has 0 aliphatic carbocycles. The van der Waals surface area contributed by atoms with E-state index in [-0.39, 0.29) is 42.5 Å². The highest BCUT2D eigenvalue weighted by atomic mass is 35.5. The van der Waals surface area contributed by atoms with Crippen LogP contribution in [0.15, 0.2) is 30.5 Å². The molecule has 1 aromatic carbocycles. The zero-order valence-corrected chi connectivity index (χ0v) is 18.6. The molecular formula is C19H21Cl2FN4O3S. The number of rotatable bonds is 8. The maximum atomic E-state index is 14.4. The van der Waals surface area contributed by atoms with Crippen LogP contribution in [0.2, 0.25) is 5.02 Å². The second-order valence-electron chi connectivity index (χ2n) is 6.48. The molecule has 0 saturated heterocycles. The number of aliphatic hydroxyl groups excluding tert-OH is 1. The molecule has 3 rings (SSSR count). The molecule has 1 unspecified atom stereocenters. The SMILES string of the molecule is CC(C)Oc1ccc(-c2nnc(-c3cc(F)c(OCC(N)CO)cc3Cl)s2)cn1.Cl. The Morgan fingerprint density at radius 2 is 1.97 bits per heavy atom. The van der Waals surface area contributed by atoms with Crippen molar-refractivity contribution in [1.82, 2.24) is 15.2 Å². The van der Waals surface area contributed by atoms with Gasteiger partial charge in [-0.3, -0.25) is 0 Å². The average Bonchev–Trinajstić information content (AvgIpc) is 3.18. The first-order chi connectivity index (χ1) is 13.9. The van der Waals surface area contributed by atoms with Crippen LogP contribution in [-0.4, -0.2) is 45.6 Å². The van der Waals surface area contributed by atoms with E-state index in [1.807, 2.05) is 19.9 Å². The van der Waals surface area contributed by atoms with Crippen molar-refractivity contribution in [3.8, 4) is 32.8 Å². The van der Waals surface area contributed by atoms with Gasteiger partial charge in [-0.1, -0.05) is 22.9 Å². The van der Waals surface area contributed by atoms with Crippen molar-refractivity contribution in [2.75, 3.05) is 13.2 Å². The zero-order valence-electron chi connectivity index (χ0n) is 16.2. The lowest BCUT2D eigenvalue weighted by molar-refractivity contribution is 0.202. The summed E-state index contributed by atoms with van der Waals surface area (Å²) in [5, 5.41) is 18.5. The summed E-state index contributed by atoms with van der Waals surface area (Å²) in [4.78, 5) is 4.25. The van der Waals surface area contributed by atoms with Crippen molar-refractivity contribution < 1.29 is 19.0 Å². The number of aromatic nitrogens is 3. The topological polar surface area (TPSA) is 103 Å². The highest BCUT2D eigenvalue weighted by Crippen LogP contribution is 2.37. The van der Waals surface area contributed by atoms with E-state index >= 15 is 0 Å². The van der Waals surface area contributed by atoms with E-state index < -0.39 is 11.9 Å². The second kappa shape index (κ2) is 10.8. The van der Waals surface area contributed by atoms with Gasteiger partial charge in [-0.2, -0.15) is 0 Å². The third kappa shape index (κ3) is 5.99. The minimum atomic E-state index is -0.608. The van der Waals surface area contributed by atoms with Crippen molar-refractivity contribution in [1.29, 1.82) is 0 Å². The van der Waals surface area contributed by atoms with E-state index in [0.29, 0.717) is 21.5 Å². The van der Waals surface area contributed by atoms with Crippen LogP contribution in [0.4, 0.5) is 4.39 Å². The van der Waals surface area contributed by atoms with Crippen LogP contribution < -0.4 is 15.2 Å². The predicted octanol–water partition coefficient (Wildman–Crippen LogP) is 3.97. The third-order valence-corrected chi connectivity index (χ3v) is 5.02. The summed E-state index contributed by atoms with van der Waals surface area (Å²) < 4.78 is 25.2. The lowest BCUT2D eigenvalue weighted by Crippen LogP contribution is -2.31. The summed E-state index contributed by atoms with van der Waals surface area (Å²) in [7, 11) is 0. The fourth-order valence-corrected chi connectivity index (χ4v) is 3.48. The van der Waals surface area contributed by atoms with Gasteiger partial charge in [-0.05, 0) is 26.0 Å². The number of pyridine rings is 1. The number of ether oxygens (including phenoxy) is 2. The van der Waals surface area contributed by atoms with Crippen LogP contribution in [0, 0.1) is 5.82 Å². The van der Waals surface area contributed by atoms with Crippen LogP contribution >= 0.6 is 35.3 Å². The van der Waals surface area contributed by atoms with Gasteiger partial charge in [0.25, 0.3) is 0 Å². The Hall–Kier alpha value is -2.04. The van der Waals surface area contributed by atoms with Gasteiger partial charge in [0.2, 0.25) is 5.88 Å². The lowest BCUT2D eigenvalue weighted by Gasteiger charge is -2.12. The Balaban J connectivity index is 0.00000320. The highest BCUT2D eigenvalue weighted by molar-refractivity contribution is 7.18. The molecule has 2 aromatic heterocycles. The van der Waals surface area contributed by atoms with Gasteiger partial charge in [0.15, 0.2) is 11.6 Å². The molecular weight excluding hydrogens is 454 g/mol. The number of benzene rings is 1. The normalized spacial score (nSPS) is 11.8. The first-order valence-corrected chi connectivity index (χ1v) is 10.0. The molecule has 1 atom stereocenters.